The summed E-state index contributed by atoms with van der Waals surface area (Å²) in [5.41, 5.74) is 0.162. The molecule has 0 saturated heterocycles. The van der Waals surface area contributed by atoms with Gasteiger partial charge >= 0.3 is 0 Å². The van der Waals surface area contributed by atoms with Gasteiger partial charge in [-0.25, -0.2) is 40.8 Å². The van der Waals surface area contributed by atoms with Crippen molar-refractivity contribution in [3.63, 3.8) is 0 Å². The van der Waals surface area contributed by atoms with Gasteiger partial charge in [0.1, 0.15) is 10.7 Å². The number of hydrogen-bond acceptors (Lipinski definition) is 5. The summed E-state index contributed by atoms with van der Waals surface area (Å²) in [7, 11) is -5.22. The van der Waals surface area contributed by atoms with Gasteiger partial charge in [-0.15, -0.1) is 0 Å². The number of pyridine rings is 1. The second-order valence-electron chi connectivity index (χ2n) is 6.77. The van der Waals surface area contributed by atoms with Crippen LogP contribution in [0.3, 0.4) is 0 Å². The molecule has 1 amide bonds. The number of rotatable bonds is 7. The number of benzene rings is 2. The van der Waals surface area contributed by atoms with Gasteiger partial charge in [-0.2, -0.15) is 8.70 Å². The van der Waals surface area contributed by atoms with Crippen LogP contribution < -0.4 is 5.48 Å². The van der Waals surface area contributed by atoms with E-state index in [0.29, 0.717) is 6.07 Å². The van der Waals surface area contributed by atoms with Crippen LogP contribution in [0.5, 0.6) is 0 Å². The minimum absolute atomic E-state index is 0.0965. The third kappa shape index (κ3) is 4.88. The minimum atomic E-state index is -5.22. The van der Waals surface area contributed by atoms with Gasteiger partial charge in [0.25, 0.3) is 5.91 Å². The molecule has 3 rings (SSSR count). The molecule has 1 heterocycles. The van der Waals surface area contributed by atoms with E-state index in [0.717, 1.165) is 24.4 Å². The first-order valence-electron chi connectivity index (χ1n) is 9.12. The number of carbonyl (C=O) groups excluding carboxylic acids is 1. The first-order chi connectivity index (χ1) is 16.0. The summed E-state index contributed by atoms with van der Waals surface area (Å²) in [5, 5.41) is 8.63. The molecule has 0 unspecified atom stereocenters. The van der Waals surface area contributed by atoms with Gasteiger partial charge < -0.3 is 0 Å². The van der Waals surface area contributed by atoms with E-state index in [1.807, 2.05) is 0 Å². The highest BCUT2D eigenvalue weighted by Crippen LogP contribution is 2.28. The van der Waals surface area contributed by atoms with Crippen molar-refractivity contribution in [3.05, 3.63) is 94.3 Å². The maximum Gasteiger partial charge on any atom is 0.274 e. The summed E-state index contributed by atoms with van der Waals surface area (Å²) in [6.07, 6.45) is 1.05. The van der Waals surface area contributed by atoms with Gasteiger partial charge in [0.05, 0.1) is 0 Å². The Kier molecular flexibility index (Phi) is 7.24. The number of nitrogens with zero attached hydrogens (tertiary/aromatic N) is 2. The molecule has 1 aromatic heterocycles. The van der Waals surface area contributed by atoms with E-state index >= 15 is 0 Å². The Labute approximate surface area is 188 Å². The molecule has 0 aliphatic rings. The molecular formula is C20H13F6N3O4S. The molecule has 0 bridgehead atoms. The normalized spacial score (nSPS) is 11.6. The van der Waals surface area contributed by atoms with Crippen LogP contribution in [0.1, 0.15) is 21.5 Å². The average molecular weight is 505 g/mol. The molecule has 34 heavy (non-hydrogen) atoms. The standard InChI is InChI=1S/C20H13F6N3O4S/c21-13-6-10(20(30)28-31)3-4-11(13)8-29(9-12-2-1-5-27-19(12)26)34(32,33)15-7-14(22)16(23)18(25)17(15)24/h1-7,31H,8-9H2,(H,28,30). The van der Waals surface area contributed by atoms with E-state index in [4.69, 9.17) is 5.21 Å². The molecule has 0 spiro atoms. The fourth-order valence-electron chi connectivity index (χ4n) is 2.90. The minimum Gasteiger partial charge on any atom is -0.288 e. The first-order valence-corrected chi connectivity index (χ1v) is 10.6. The Bertz CT molecular complexity index is 1370. The number of hydroxylamine groups is 1. The van der Waals surface area contributed by atoms with Gasteiger partial charge in [0, 0.05) is 42.0 Å². The van der Waals surface area contributed by atoms with E-state index in [1.165, 1.54) is 11.5 Å². The fourth-order valence-corrected chi connectivity index (χ4v) is 4.37. The quantitative estimate of drug-likeness (QED) is 0.128. The lowest BCUT2D eigenvalue weighted by Gasteiger charge is -2.23. The highest BCUT2D eigenvalue weighted by atomic mass is 32.2. The Hall–Kier alpha value is -3.49. The van der Waals surface area contributed by atoms with Crippen molar-refractivity contribution in [2.24, 2.45) is 0 Å². The number of carbonyl (C=O) groups is 1. The molecular weight excluding hydrogens is 492 g/mol. The second kappa shape index (κ2) is 9.79. The number of hydrogen-bond donors (Lipinski definition) is 2. The zero-order valence-electron chi connectivity index (χ0n) is 16.7. The summed E-state index contributed by atoms with van der Waals surface area (Å²) >= 11 is 0. The largest absolute Gasteiger partial charge is 0.288 e. The fraction of sp³-hybridized carbons (Fsp3) is 0.100. The molecule has 3 aromatic rings. The Morgan fingerprint density at radius 2 is 1.59 bits per heavy atom. The topological polar surface area (TPSA) is 99.6 Å². The van der Waals surface area contributed by atoms with Gasteiger partial charge in [0.15, 0.2) is 23.3 Å². The summed E-state index contributed by atoms with van der Waals surface area (Å²) in [5.74, 6) is -12.2. The van der Waals surface area contributed by atoms with Crippen molar-refractivity contribution in [1.29, 1.82) is 0 Å². The van der Waals surface area contributed by atoms with Crippen molar-refractivity contribution in [3.8, 4) is 0 Å². The Balaban J connectivity index is 2.12. The highest BCUT2D eigenvalue weighted by Gasteiger charge is 2.33. The third-order valence-corrected chi connectivity index (χ3v) is 6.42. The molecule has 2 N–H and O–H groups in total. The molecule has 0 radical (unpaired) electrons. The van der Waals surface area contributed by atoms with Crippen molar-refractivity contribution in [2.75, 3.05) is 0 Å². The van der Waals surface area contributed by atoms with Crippen LogP contribution in [-0.4, -0.2) is 28.8 Å². The number of amides is 1. The molecule has 0 fully saturated rings. The summed E-state index contributed by atoms with van der Waals surface area (Å²) in [6, 6.07) is 4.86. The summed E-state index contributed by atoms with van der Waals surface area (Å²) in [6.45, 7) is -1.82. The van der Waals surface area contributed by atoms with Crippen LogP contribution in [0.4, 0.5) is 26.3 Å². The van der Waals surface area contributed by atoms with Gasteiger partial charge in [-0.1, -0.05) is 12.1 Å². The molecule has 7 nitrogen and oxygen atoms in total. The van der Waals surface area contributed by atoms with Gasteiger partial charge in [-0.3, -0.25) is 10.0 Å². The van der Waals surface area contributed by atoms with Crippen LogP contribution in [0.15, 0.2) is 47.5 Å². The Morgan fingerprint density at radius 3 is 2.21 bits per heavy atom. The smallest absolute Gasteiger partial charge is 0.274 e. The van der Waals surface area contributed by atoms with Crippen LogP contribution in [0.25, 0.3) is 0 Å². The van der Waals surface area contributed by atoms with Gasteiger partial charge in [-0.05, 0) is 18.2 Å². The average Bonchev–Trinajstić information content (AvgIpc) is 2.81. The van der Waals surface area contributed by atoms with Crippen molar-refractivity contribution in [1.82, 2.24) is 14.8 Å². The predicted octanol–water partition coefficient (Wildman–Crippen LogP) is 3.43. The van der Waals surface area contributed by atoms with E-state index in [2.05, 4.69) is 4.98 Å². The molecule has 0 aliphatic carbocycles. The number of nitrogens with one attached hydrogen (secondary N) is 1. The highest BCUT2D eigenvalue weighted by molar-refractivity contribution is 7.89. The maximum atomic E-state index is 14.6. The summed E-state index contributed by atoms with van der Waals surface area (Å²) < 4.78 is 110. The Morgan fingerprint density at radius 1 is 0.912 bits per heavy atom. The second-order valence-corrected chi connectivity index (χ2v) is 8.68. The van der Waals surface area contributed by atoms with Crippen LogP contribution >= 0.6 is 0 Å². The lowest BCUT2D eigenvalue weighted by atomic mass is 10.1. The number of sulfonamides is 1. The van der Waals surface area contributed by atoms with Crippen LogP contribution in [-0.2, 0) is 23.1 Å². The monoisotopic (exact) mass is 505 g/mol. The SMILES string of the molecule is O=C(NO)c1ccc(CN(Cc2cccnc2F)S(=O)(=O)c2cc(F)c(F)c(F)c2F)c(F)c1. The zero-order valence-corrected chi connectivity index (χ0v) is 17.5. The molecule has 180 valence electrons. The van der Waals surface area contributed by atoms with Crippen LogP contribution in [0.2, 0.25) is 0 Å². The van der Waals surface area contributed by atoms with Crippen LogP contribution in [0, 0.1) is 35.0 Å². The van der Waals surface area contributed by atoms with Gasteiger partial charge in [0.2, 0.25) is 16.0 Å². The lowest BCUT2D eigenvalue weighted by molar-refractivity contribution is 0.0706. The van der Waals surface area contributed by atoms with Crippen molar-refractivity contribution >= 4 is 15.9 Å². The molecule has 14 heteroatoms. The maximum absolute atomic E-state index is 14.6. The first kappa shape index (κ1) is 25.1. The molecule has 2 aromatic carbocycles. The molecule has 0 atom stereocenters. The van der Waals surface area contributed by atoms with E-state index < -0.39 is 74.5 Å². The third-order valence-electron chi connectivity index (χ3n) is 4.63. The number of halogens is 6. The van der Waals surface area contributed by atoms with E-state index in [-0.39, 0.29) is 21.5 Å². The predicted molar refractivity (Wildman–Crippen MR) is 103 cm³/mol. The number of aromatic nitrogens is 1. The molecule has 0 saturated carbocycles. The molecule has 0 aliphatic heterocycles. The lowest BCUT2D eigenvalue weighted by Crippen LogP contribution is -2.32. The van der Waals surface area contributed by atoms with E-state index in [1.54, 1.807) is 0 Å². The summed E-state index contributed by atoms with van der Waals surface area (Å²) in [4.78, 5) is 13.2. The zero-order chi connectivity index (χ0) is 25.2. The van der Waals surface area contributed by atoms with Crippen molar-refractivity contribution < 1.29 is 44.8 Å². The van der Waals surface area contributed by atoms with E-state index in [9.17, 15) is 39.6 Å². The van der Waals surface area contributed by atoms with Crippen molar-refractivity contribution in [2.45, 2.75) is 18.0 Å².